The number of nitrogens with one attached hydrogen (secondary N) is 2. The van der Waals surface area contributed by atoms with Crippen molar-refractivity contribution in [2.24, 2.45) is 7.05 Å². The van der Waals surface area contributed by atoms with Crippen molar-refractivity contribution < 1.29 is 4.79 Å². The van der Waals surface area contributed by atoms with E-state index < -0.39 is 0 Å². The molecule has 2 rings (SSSR count). The second-order valence-electron chi connectivity index (χ2n) is 4.61. The minimum atomic E-state index is 0.0890. The van der Waals surface area contributed by atoms with Crippen molar-refractivity contribution in [1.29, 1.82) is 0 Å². The number of aryl methyl sites for hydroxylation is 1. The van der Waals surface area contributed by atoms with Gasteiger partial charge in [0.05, 0.1) is 13.1 Å². The summed E-state index contributed by atoms with van der Waals surface area (Å²) in [4.78, 5) is 15.8. The van der Waals surface area contributed by atoms with Crippen LogP contribution in [0.15, 0.2) is 12.4 Å². The molecule has 1 fully saturated rings. The number of hydrogen-bond acceptors (Lipinski definition) is 3. The maximum atomic E-state index is 11.6. The first-order valence-electron chi connectivity index (χ1n) is 6.22. The molecule has 1 saturated carbocycles. The topological polar surface area (TPSA) is 59.0 Å². The molecule has 0 aliphatic heterocycles. The van der Waals surface area contributed by atoms with E-state index in [0.29, 0.717) is 19.1 Å². The molecule has 1 aromatic heterocycles. The summed E-state index contributed by atoms with van der Waals surface area (Å²) >= 11 is 0. The fraction of sp³-hybridized carbons (Fsp3) is 0.667. The number of rotatable bonds is 5. The Kier molecular flexibility index (Phi) is 4.14. The van der Waals surface area contributed by atoms with Gasteiger partial charge in [-0.15, -0.1) is 0 Å². The zero-order valence-corrected chi connectivity index (χ0v) is 10.3. The highest BCUT2D eigenvalue weighted by molar-refractivity contribution is 5.78. The van der Waals surface area contributed by atoms with Crippen LogP contribution in [0.25, 0.3) is 0 Å². The molecule has 0 unspecified atom stereocenters. The molecule has 0 bridgehead atoms. The van der Waals surface area contributed by atoms with Crippen molar-refractivity contribution in [3.63, 3.8) is 0 Å². The van der Waals surface area contributed by atoms with Crippen molar-refractivity contribution >= 4 is 5.91 Å². The second kappa shape index (κ2) is 5.82. The van der Waals surface area contributed by atoms with Crippen molar-refractivity contribution in [3.8, 4) is 0 Å². The lowest BCUT2D eigenvalue weighted by atomic mass is 10.2. The smallest absolute Gasteiger partial charge is 0.234 e. The van der Waals surface area contributed by atoms with Gasteiger partial charge in [-0.2, -0.15) is 0 Å². The van der Waals surface area contributed by atoms with Crippen molar-refractivity contribution in [1.82, 2.24) is 20.2 Å². The lowest BCUT2D eigenvalue weighted by molar-refractivity contribution is -0.120. The standard InChI is InChI=1S/C12H20N4O/c1-16-7-6-14-11(16)8-13-9-12(17)15-10-4-2-3-5-10/h6-7,10,13H,2-5,8-9H2,1H3,(H,15,17). The van der Waals surface area contributed by atoms with Crippen LogP contribution in [-0.4, -0.2) is 28.0 Å². The SMILES string of the molecule is Cn1ccnc1CNCC(=O)NC1CCCC1. The average Bonchev–Trinajstić information content (AvgIpc) is 2.91. The molecule has 0 saturated heterocycles. The summed E-state index contributed by atoms with van der Waals surface area (Å²) < 4.78 is 1.95. The normalized spacial score (nSPS) is 16.3. The van der Waals surface area contributed by atoms with Gasteiger partial charge in [-0.1, -0.05) is 12.8 Å². The highest BCUT2D eigenvalue weighted by Crippen LogP contribution is 2.17. The van der Waals surface area contributed by atoms with Crippen LogP contribution in [0.3, 0.4) is 0 Å². The Morgan fingerprint density at radius 1 is 1.53 bits per heavy atom. The molecule has 1 amide bonds. The lowest BCUT2D eigenvalue weighted by Crippen LogP contribution is -2.39. The molecule has 1 aromatic rings. The zero-order chi connectivity index (χ0) is 12.1. The fourth-order valence-electron chi connectivity index (χ4n) is 2.20. The monoisotopic (exact) mass is 236 g/mol. The van der Waals surface area contributed by atoms with E-state index in [1.54, 1.807) is 6.20 Å². The fourth-order valence-corrected chi connectivity index (χ4v) is 2.20. The maximum Gasteiger partial charge on any atom is 0.234 e. The largest absolute Gasteiger partial charge is 0.352 e. The van der Waals surface area contributed by atoms with E-state index in [9.17, 15) is 4.79 Å². The van der Waals surface area contributed by atoms with Crippen LogP contribution >= 0.6 is 0 Å². The van der Waals surface area contributed by atoms with E-state index >= 15 is 0 Å². The van der Waals surface area contributed by atoms with Gasteiger partial charge in [0.2, 0.25) is 5.91 Å². The minimum absolute atomic E-state index is 0.0890. The van der Waals surface area contributed by atoms with Gasteiger partial charge < -0.3 is 15.2 Å². The third-order valence-corrected chi connectivity index (χ3v) is 3.21. The number of carbonyl (C=O) groups is 1. The predicted octanol–water partition coefficient (Wildman–Crippen LogP) is 0.568. The predicted molar refractivity (Wildman–Crippen MR) is 65.3 cm³/mol. The number of imidazole rings is 1. The maximum absolute atomic E-state index is 11.6. The Bertz CT molecular complexity index is 368. The van der Waals surface area contributed by atoms with Crippen molar-refractivity contribution in [3.05, 3.63) is 18.2 Å². The summed E-state index contributed by atoms with van der Waals surface area (Å²) in [5.41, 5.74) is 0. The third-order valence-electron chi connectivity index (χ3n) is 3.21. The van der Waals surface area contributed by atoms with Gasteiger partial charge in [-0.3, -0.25) is 4.79 Å². The molecule has 5 nitrogen and oxygen atoms in total. The first-order valence-corrected chi connectivity index (χ1v) is 6.22. The van der Waals surface area contributed by atoms with Gasteiger partial charge in [0, 0.05) is 25.5 Å². The lowest BCUT2D eigenvalue weighted by Gasteiger charge is -2.12. The minimum Gasteiger partial charge on any atom is -0.352 e. The van der Waals surface area contributed by atoms with Gasteiger partial charge in [-0.25, -0.2) is 4.98 Å². The molecule has 0 spiro atoms. The average molecular weight is 236 g/mol. The van der Waals surface area contributed by atoms with Crippen molar-refractivity contribution in [2.75, 3.05) is 6.54 Å². The summed E-state index contributed by atoms with van der Waals surface area (Å²) in [6.07, 6.45) is 8.40. The molecular formula is C12H20N4O. The van der Waals surface area contributed by atoms with Crippen LogP contribution in [0.2, 0.25) is 0 Å². The van der Waals surface area contributed by atoms with Gasteiger partial charge in [-0.05, 0) is 12.8 Å². The molecule has 0 atom stereocenters. The molecule has 0 aromatic carbocycles. The van der Waals surface area contributed by atoms with Crippen molar-refractivity contribution in [2.45, 2.75) is 38.3 Å². The highest BCUT2D eigenvalue weighted by Gasteiger charge is 2.16. The van der Waals surface area contributed by atoms with E-state index in [-0.39, 0.29) is 5.91 Å². The molecule has 1 heterocycles. The number of carbonyl (C=O) groups excluding carboxylic acids is 1. The van der Waals surface area contributed by atoms with E-state index in [1.807, 2.05) is 17.8 Å². The number of amides is 1. The van der Waals surface area contributed by atoms with Crippen LogP contribution in [-0.2, 0) is 18.4 Å². The van der Waals surface area contributed by atoms with Gasteiger partial charge >= 0.3 is 0 Å². The number of aromatic nitrogens is 2. The van der Waals surface area contributed by atoms with Gasteiger partial charge in [0.1, 0.15) is 5.82 Å². The third kappa shape index (κ3) is 3.56. The summed E-state index contributed by atoms with van der Waals surface area (Å²) in [5.74, 6) is 1.03. The Morgan fingerprint density at radius 2 is 2.29 bits per heavy atom. The quantitative estimate of drug-likeness (QED) is 0.785. The molecule has 0 radical (unpaired) electrons. The van der Waals surface area contributed by atoms with Gasteiger partial charge in [0.15, 0.2) is 0 Å². The Hall–Kier alpha value is -1.36. The first-order chi connectivity index (χ1) is 8.25. The second-order valence-corrected chi connectivity index (χ2v) is 4.61. The molecule has 1 aliphatic rings. The molecule has 94 valence electrons. The van der Waals surface area contributed by atoms with Crippen LogP contribution in [0.5, 0.6) is 0 Å². The molecular weight excluding hydrogens is 216 g/mol. The Balaban J connectivity index is 1.64. The van der Waals surface area contributed by atoms with E-state index in [0.717, 1.165) is 18.7 Å². The summed E-state index contributed by atoms with van der Waals surface area (Å²) in [7, 11) is 1.95. The summed E-state index contributed by atoms with van der Waals surface area (Å²) in [6, 6.07) is 0.400. The number of nitrogens with zero attached hydrogens (tertiary/aromatic N) is 2. The molecule has 2 N–H and O–H groups in total. The summed E-state index contributed by atoms with van der Waals surface area (Å²) in [5, 5.41) is 6.15. The molecule has 1 aliphatic carbocycles. The van der Waals surface area contributed by atoms with E-state index in [2.05, 4.69) is 15.6 Å². The van der Waals surface area contributed by atoms with E-state index in [1.165, 1.54) is 12.8 Å². The van der Waals surface area contributed by atoms with Crippen LogP contribution in [0.4, 0.5) is 0 Å². The first kappa shape index (κ1) is 12.1. The number of hydrogen-bond donors (Lipinski definition) is 2. The molecule has 17 heavy (non-hydrogen) atoms. The zero-order valence-electron chi connectivity index (χ0n) is 10.3. The van der Waals surface area contributed by atoms with Crippen LogP contribution in [0.1, 0.15) is 31.5 Å². The van der Waals surface area contributed by atoms with Gasteiger partial charge in [0.25, 0.3) is 0 Å². The Morgan fingerprint density at radius 3 is 2.94 bits per heavy atom. The Labute approximate surface area is 102 Å². The van der Waals surface area contributed by atoms with E-state index in [4.69, 9.17) is 0 Å². The molecule has 5 heteroatoms. The summed E-state index contributed by atoms with van der Waals surface area (Å²) in [6.45, 7) is 0.991. The van der Waals surface area contributed by atoms with Crippen LogP contribution < -0.4 is 10.6 Å². The highest BCUT2D eigenvalue weighted by atomic mass is 16.1. The van der Waals surface area contributed by atoms with Crippen LogP contribution in [0, 0.1) is 0 Å².